The van der Waals surface area contributed by atoms with Gasteiger partial charge in [-0.2, -0.15) is 4.31 Å². The summed E-state index contributed by atoms with van der Waals surface area (Å²) in [5.74, 6) is 1.89. The highest BCUT2D eigenvalue weighted by Crippen LogP contribution is 2.25. The number of methoxy groups -OCH3 is 1. The van der Waals surface area contributed by atoms with Crippen LogP contribution in [0.2, 0.25) is 0 Å². The van der Waals surface area contributed by atoms with Crippen LogP contribution in [0.5, 0.6) is 11.5 Å². The van der Waals surface area contributed by atoms with E-state index in [1.54, 1.807) is 35.7 Å². The lowest BCUT2D eigenvalue weighted by Gasteiger charge is -2.31. The number of ether oxygens (including phenoxy) is 2. The fourth-order valence-electron chi connectivity index (χ4n) is 3.06. The molecule has 1 aliphatic heterocycles. The maximum atomic E-state index is 12.8. The van der Waals surface area contributed by atoms with Gasteiger partial charge in [-0.25, -0.2) is 8.42 Å². The highest BCUT2D eigenvalue weighted by Gasteiger charge is 2.29. The molecule has 1 heterocycles. The number of rotatable bonds is 6. The number of piperidine rings is 1. The van der Waals surface area contributed by atoms with Crippen LogP contribution >= 0.6 is 0 Å². The van der Waals surface area contributed by atoms with E-state index in [1.807, 2.05) is 31.2 Å². The molecule has 0 radical (unpaired) electrons. The van der Waals surface area contributed by atoms with Crippen molar-refractivity contribution in [2.75, 3.05) is 26.8 Å². The third-order valence-electron chi connectivity index (χ3n) is 4.78. The Morgan fingerprint density at radius 3 is 2.12 bits per heavy atom. The van der Waals surface area contributed by atoms with Crippen molar-refractivity contribution in [2.24, 2.45) is 5.92 Å². The first kappa shape index (κ1) is 18.7. The summed E-state index contributed by atoms with van der Waals surface area (Å²) < 4.78 is 38.0. The molecule has 140 valence electrons. The van der Waals surface area contributed by atoms with Gasteiger partial charge in [0, 0.05) is 13.1 Å². The Hall–Kier alpha value is -2.05. The van der Waals surface area contributed by atoms with Crippen LogP contribution in [0.25, 0.3) is 0 Å². The van der Waals surface area contributed by atoms with E-state index in [9.17, 15) is 8.42 Å². The first-order chi connectivity index (χ1) is 12.5. The van der Waals surface area contributed by atoms with E-state index in [0.717, 1.165) is 18.6 Å². The lowest BCUT2D eigenvalue weighted by atomic mass is 9.99. The quantitative estimate of drug-likeness (QED) is 0.776. The summed E-state index contributed by atoms with van der Waals surface area (Å²) >= 11 is 0. The average molecular weight is 375 g/mol. The smallest absolute Gasteiger partial charge is 0.243 e. The summed E-state index contributed by atoms with van der Waals surface area (Å²) in [6.07, 6.45) is 1.61. The lowest BCUT2D eigenvalue weighted by Crippen LogP contribution is -2.39. The van der Waals surface area contributed by atoms with Gasteiger partial charge in [0.25, 0.3) is 0 Å². The summed E-state index contributed by atoms with van der Waals surface area (Å²) in [6.45, 7) is 3.72. The highest BCUT2D eigenvalue weighted by molar-refractivity contribution is 7.89. The molecular weight excluding hydrogens is 350 g/mol. The van der Waals surface area contributed by atoms with Crippen LogP contribution in [0, 0.1) is 12.8 Å². The second kappa shape index (κ2) is 8.10. The summed E-state index contributed by atoms with van der Waals surface area (Å²) in [4.78, 5) is 0.313. The minimum atomic E-state index is -3.45. The van der Waals surface area contributed by atoms with Crippen LogP contribution in [0.3, 0.4) is 0 Å². The SMILES string of the molecule is COc1ccc(S(=O)(=O)N2CCC(COc3ccc(C)cc3)CC2)cc1. The second-order valence-corrected chi connectivity index (χ2v) is 8.58. The first-order valence-corrected chi connectivity index (χ1v) is 10.3. The van der Waals surface area contributed by atoms with E-state index in [0.29, 0.717) is 36.3 Å². The number of hydrogen-bond donors (Lipinski definition) is 0. The molecule has 1 aliphatic rings. The Morgan fingerprint density at radius 1 is 0.962 bits per heavy atom. The molecule has 2 aromatic rings. The van der Waals surface area contributed by atoms with Gasteiger partial charge in [0.1, 0.15) is 11.5 Å². The normalized spacial score (nSPS) is 16.4. The predicted molar refractivity (Wildman–Crippen MR) is 101 cm³/mol. The molecule has 0 bridgehead atoms. The van der Waals surface area contributed by atoms with E-state index in [2.05, 4.69) is 0 Å². The molecule has 2 aromatic carbocycles. The average Bonchev–Trinajstić information content (AvgIpc) is 2.68. The Balaban J connectivity index is 1.54. The Kier molecular flexibility index (Phi) is 5.84. The number of aryl methyl sites for hydroxylation is 1. The Labute approximate surface area is 155 Å². The van der Waals surface area contributed by atoms with Gasteiger partial charge in [0.2, 0.25) is 10.0 Å². The number of benzene rings is 2. The minimum Gasteiger partial charge on any atom is -0.497 e. The molecule has 5 nitrogen and oxygen atoms in total. The third-order valence-corrected chi connectivity index (χ3v) is 6.69. The Morgan fingerprint density at radius 2 is 1.54 bits per heavy atom. The fourth-order valence-corrected chi connectivity index (χ4v) is 4.53. The maximum absolute atomic E-state index is 12.8. The van der Waals surface area contributed by atoms with Crippen molar-refractivity contribution >= 4 is 10.0 Å². The van der Waals surface area contributed by atoms with Gasteiger partial charge in [-0.1, -0.05) is 17.7 Å². The second-order valence-electron chi connectivity index (χ2n) is 6.65. The number of nitrogens with zero attached hydrogens (tertiary/aromatic N) is 1. The van der Waals surface area contributed by atoms with E-state index in [4.69, 9.17) is 9.47 Å². The van der Waals surface area contributed by atoms with Crippen molar-refractivity contribution in [1.82, 2.24) is 4.31 Å². The zero-order valence-corrected chi connectivity index (χ0v) is 16.0. The minimum absolute atomic E-state index is 0.313. The summed E-state index contributed by atoms with van der Waals surface area (Å²) in [5.41, 5.74) is 1.20. The van der Waals surface area contributed by atoms with Gasteiger partial charge in [-0.15, -0.1) is 0 Å². The van der Waals surface area contributed by atoms with Crippen LogP contribution in [-0.2, 0) is 10.0 Å². The van der Waals surface area contributed by atoms with Crippen LogP contribution < -0.4 is 9.47 Å². The summed E-state index contributed by atoms with van der Waals surface area (Å²) in [6, 6.07) is 14.5. The van der Waals surface area contributed by atoms with Gasteiger partial charge in [-0.3, -0.25) is 0 Å². The van der Waals surface area contributed by atoms with E-state index < -0.39 is 10.0 Å². The summed E-state index contributed by atoms with van der Waals surface area (Å²) in [5, 5.41) is 0. The van der Waals surface area contributed by atoms with Crippen molar-refractivity contribution < 1.29 is 17.9 Å². The van der Waals surface area contributed by atoms with Gasteiger partial charge >= 0.3 is 0 Å². The first-order valence-electron chi connectivity index (χ1n) is 8.83. The van der Waals surface area contributed by atoms with Crippen molar-refractivity contribution in [3.8, 4) is 11.5 Å². The van der Waals surface area contributed by atoms with Crippen molar-refractivity contribution in [2.45, 2.75) is 24.7 Å². The lowest BCUT2D eigenvalue weighted by molar-refractivity contribution is 0.185. The zero-order valence-electron chi connectivity index (χ0n) is 15.2. The zero-order chi connectivity index (χ0) is 18.6. The molecule has 26 heavy (non-hydrogen) atoms. The predicted octanol–water partition coefficient (Wildman–Crippen LogP) is 3.48. The molecule has 6 heteroatoms. The molecule has 0 aliphatic carbocycles. The standard InChI is InChI=1S/C20H25NO4S/c1-16-3-5-19(6-4-16)25-15-17-11-13-21(14-12-17)26(22,23)20-9-7-18(24-2)8-10-20/h3-10,17H,11-15H2,1-2H3. The van der Waals surface area contributed by atoms with Gasteiger partial charge in [0.15, 0.2) is 0 Å². The topological polar surface area (TPSA) is 55.8 Å². The molecule has 0 spiro atoms. The molecule has 0 aromatic heterocycles. The molecular formula is C20H25NO4S. The van der Waals surface area contributed by atoms with Gasteiger partial charge in [0.05, 0.1) is 18.6 Å². The largest absolute Gasteiger partial charge is 0.497 e. The number of hydrogen-bond acceptors (Lipinski definition) is 4. The molecule has 1 saturated heterocycles. The van der Waals surface area contributed by atoms with Gasteiger partial charge in [-0.05, 0) is 62.1 Å². The molecule has 0 N–H and O–H groups in total. The van der Waals surface area contributed by atoms with Gasteiger partial charge < -0.3 is 9.47 Å². The van der Waals surface area contributed by atoms with E-state index in [-0.39, 0.29) is 0 Å². The van der Waals surface area contributed by atoms with Crippen LogP contribution in [0.1, 0.15) is 18.4 Å². The molecule has 0 unspecified atom stereocenters. The third kappa shape index (κ3) is 4.37. The van der Waals surface area contributed by atoms with Crippen LogP contribution in [0.4, 0.5) is 0 Å². The fraction of sp³-hybridized carbons (Fsp3) is 0.400. The van der Waals surface area contributed by atoms with Crippen LogP contribution in [-0.4, -0.2) is 39.5 Å². The molecule has 3 rings (SSSR count). The van der Waals surface area contributed by atoms with E-state index >= 15 is 0 Å². The van der Waals surface area contributed by atoms with Crippen molar-refractivity contribution in [3.63, 3.8) is 0 Å². The number of sulfonamides is 1. The van der Waals surface area contributed by atoms with Crippen molar-refractivity contribution in [1.29, 1.82) is 0 Å². The molecule has 0 amide bonds. The molecule has 0 saturated carbocycles. The van der Waals surface area contributed by atoms with Crippen LogP contribution in [0.15, 0.2) is 53.4 Å². The monoisotopic (exact) mass is 375 g/mol. The Bertz CT molecular complexity index is 808. The molecule has 0 atom stereocenters. The maximum Gasteiger partial charge on any atom is 0.243 e. The van der Waals surface area contributed by atoms with Crippen molar-refractivity contribution in [3.05, 3.63) is 54.1 Å². The van der Waals surface area contributed by atoms with E-state index in [1.165, 1.54) is 5.56 Å². The summed E-state index contributed by atoms with van der Waals surface area (Å²) in [7, 11) is -1.88. The highest BCUT2D eigenvalue weighted by atomic mass is 32.2. The molecule has 1 fully saturated rings.